The summed E-state index contributed by atoms with van der Waals surface area (Å²) in [7, 11) is 1.51. The van der Waals surface area contributed by atoms with Crippen molar-refractivity contribution in [2.24, 2.45) is 35.5 Å². The van der Waals surface area contributed by atoms with Crippen LogP contribution in [0.1, 0.15) is 16.8 Å². The molecular formula is C26H22Cl2N2O4. The van der Waals surface area contributed by atoms with Crippen LogP contribution in [0.2, 0.25) is 10.0 Å². The molecule has 174 valence electrons. The van der Waals surface area contributed by atoms with Crippen LogP contribution >= 0.6 is 23.2 Å². The summed E-state index contributed by atoms with van der Waals surface area (Å²) in [6.45, 7) is -0.211. The summed E-state index contributed by atoms with van der Waals surface area (Å²) in [4.78, 5) is 43.5. The van der Waals surface area contributed by atoms with E-state index in [1.165, 1.54) is 23.0 Å². The molecule has 0 radical (unpaired) electrons. The number of allylic oxidation sites excluding steroid dienone is 2. The molecule has 4 aliphatic carbocycles. The lowest BCUT2D eigenvalue weighted by atomic mass is 9.63. The standard InChI is InChI=1S/C26H22Cl2N2O4/c1-34-21-5-3-2-4-20(21)29(24(31)16-7-6-13(27)10-19(16)28)12-30-25(32)22-14-8-9-15(18-11-17(14)18)23(22)26(30)33/h2-10,14-15,17-18,22-23H,11-12H2,1H3. The van der Waals surface area contributed by atoms with E-state index in [2.05, 4.69) is 12.2 Å². The van der Waals surface area contributed by atoms with E-state index in [0.29, 0.717) is 28.3 Å². The normalized spacial score (nSPS) is 30.3. The predicted molar refractivity (Wildman–Crippen MR) is 128 cm³/mol. The van der Waals surface area contributed by atoms with Gasteiger partial charge in [-0.15, -0.1) is 0 Å². The maximum Gasteiger partial charge on any atom is 0.261 e. The quantitative estimate of drug-likeness (QED) is 0.445. The fourth-order valence-corrected chi connectivity index (χ4v) is 6.70. The van der Waals surface area contributed by atoms with E-state index in [9.17, 15) is 14.4 Å². The largest absolute Gasteiger partial charge is 0.495 e. The molecule has 0 aromatic heterocycles. The lowest BCUT2D eigenvalue weighted by Gasteiger charge is -2.37. The molecule has 5 aliphatic rings. The zero-order chi connectivity index (χ0) is 23.7. The number of para-hydroxylation sites is 2. The molecule has 1 saturated heterocycles. The van der Waals surface area contributed by atoms with E-state index in [4.69, 9.17) is 27.9 Å². The molecule has 1 aliphatic heterocycles. The van der Waals surface area contributed by atoms with Crippen molar-refractivity contribution in [1.29, 1.82) is 0 Å². The Kier molecular flexibility index (Phi) is 5.01. The number of anilines is 1. The summed E-state index contributed by atoms with van der Waals surface area (Å²) in [5, 5.41) is 0.591. The highest BCUT2D eigenvalue weighted by molar-refractivity contribution is 6.37. The van der Waals surface area contributed by atoms with Gasteiger partial charge in [0.05, 0.1) is 35.2 Å². The molecule has 7 rings (SSSR count). The number of carbonyl (C=O) groups excluding carboxylic acids is 3. The highest BCUT2D eigenvalue weighted by atomic mass is 35.5. The first-order valence-electron chi connectivity index (χ1n) is 11.3. The number of halogens is 2. The summed E-state index contributed by atoms with van der Waals surface area (Å²) in [6.07, 6.45) is 5.35. The van der Waals surface area contributed by atoms with Gasteiger partial charge in [-0.1, -0.05) is 47.5 Å². The highest BCUT2D eigenvalue weighted by Crippen LogP contribution is 2.65. The Labute approximate surface area is 207 Å². The lowest BCUT2D eigenvalue weighted by Crippen LogP contribution is -2.45. The molecule has 6 nitrogen and oxygen atoms in total. The number of hydrogen-bond donors (Lipinski definition) is 0. The van der Waals surface area contributed by atoms with Crippen LogP contribution in [-0.4, -0.2) is 36.4 Å². The third-order valence-electron chi connectivity index (χ3n) is 7.82. The molecule has 34 heavy (non-hydrogen) atoms. The van der Waals surface area contributed by atoms with Crippen molar-refractivity contribution >= 4 is 46.6 Å². The summed E-state index contributed by atoms with van der Waals surface area (Å²) >= 11 is 12.4. The average Bonchev–Trinajstić information content (AvgIpc) is 3.62. The number of ether oxygens (including phenoxy) is 1. The third-order valence-corrected chi connectivity index (χ3v) is 8.37. The van der Waals surface area contributed by atoms with Crippen molar-refractivity contribution in [3.63, 3.8) is 0 Å². The van der Waals surface area contributed by atoms with Gasteiger partial charge in [-0.25, -0.2) is 0 Å². The molecule has 0 spiro atoms. The van der Waals surface area contributed by atoms with Crippen molar-refractivity contribution in [2.75, 3.05) is 18.7 Å². The van der Waals surface area contributed by atoms with Crippen molar-refractivity contribution in [1.82, 2.24) is 4.90 Å². The van der Waals surface area contributed by atoms with Crippen molar-refractivity contribution in [3.05, 3.63) is 70.2 Å². The van der Waals surface area contributed by atoms with Crippen LogP contribution in [-0.2, 0) is 9.59 Å². The molecule has 2 bridgehead atoms. The van der Waals surface area contributed by atoms with Crippen LogP contribution in [0, 0.1) is 35.5 Å². The highest BCUT2D eigenvalue weighted by Gasteiger charge is 2.67. The Hall–Kier alpha value is -2.83. The van der Waals surface area contributed by atoms with E-state index in [0.717, 1.165) is 6.42 Å². The number of benzene rings is 2. The Morgan fingerprint density at radius 3 is 2.29 bits per heavy atom. The molecule has 0 N–H and O–H groups in total. The number of amides is 3. The van der Waals surface area contributed by atoms with Crippen LogP contribution in [0.4, 0.5) is 5.69 Å². The molecule has 2 aromatic carbocycles. The summed E-state index contributed by atoms with van der Waals surface area (Å²) in [5.74, 6) is 0.167. The Bertz CT molecular complexity index is 1230. The third kappa shape index (κ3) is 3.12. The zero-order valence-corrected chi connectivity index (χ0v) is 19.9. The zero-order valence-electron chi connectivity index (χ0n) is 18.4. The molecule has 3 fully saturated rings. The lowest BCUT2D eigenvalue weighted by molar-refractivity contribution is -0.140. The van der Waals surface area contributed by atoms with Crippen molar-refractivity contribution in [2.45, 2.75) is 6.42 Å². The van der Waals surface area contributed by atoms with Gasteiger partial charge in [0, 0.05) is 5.02 Å². The van der Waals surface area contributed by atoms with Gasteiger partial charge in [-0.05, 0) is 60.4 Å². The molecule has 8 heteroatoms. The first kappa shape index (κ1) is 21.7. The second-order valence-electron chi connectivity index (χ2n) is 9.43. The van der Waals surface area contributed by atoms with Gasteiger partial charge in [-0.3, -0.25) is 24.2 Å². The molecule has 2 aromatic rings. The van der Waals surface area contributed by atoms with Crippen molar-refractivity contribution in [3.8, 4) is 5.75 Å². The average molecular weight is 497 g/mol. The first-order valence-corrected chi connectivity index (χ1v) is 12.1. The number of rotatable bonds is 5. The van der Waals surface area contributed by atoms with Gasteiger partial charge in [0.1, 0.15) is 12.4 Å². The van der Waals surface area contributed by atoms with E-state index < -0.39 is 5.91 Å². The number of methoxy groups -OCH3 is 1. The number of imide groups is 1. The molecule has 6 atom stereocenters. The second kappa shape index (κ2) is 7.85. The molecule has 1 heterocycles. The summed E-state index contributed by atoms with van der Waals surface area (Å²) in [6, 6.07) is 11.6. The van der Waals surface area contributed by atoms with Gasteiger partial charge < -0.3 is 4.74 Å². The Balaban J connectivity index is 1.38. The molecule has 6 unspecified atom stereocenters. The van der Waals surface area contributed by atoms with E-state index >= 15 is 0 Å². The second-order valence-corrected chi connectivity index (χ2v) is 10.3. The summed E-state index contributed by atoms with van der Waals surface area (Å²) in [5.41, 5.74) is 0.664. The van der Waals surface area contributed by atoms with Crippen LogP contribution in [0.25, 0.3) is 0 Å². The van der Waals surface area contributed by atoms with E-state index in [1.54, 1.807) is 36.4 Å². The SMILES string of the molecule is COc1ccccc1N(CN1C(=O)C2C3C=CC(C4CC34)C2C1=O)C(=O)c1ccc(Cl)cc1Cl. The van der Waals surface area contributed by atoms with E-state index in [-0.39, 0.29) is 52.7 Å². The van der Waals surface area contributed by atoms with Crippen LogP contribution < -0.4 is 9.64 Å². The Morgan fingerprint density at radius 2 is 1.68 bits per heavy atom. The number of hydrogen-bond acceptors (Lipinski definition) is 4. The maximum atomic E-state index is 13.7. The maximum absolute atomic E-state index is 13.7. The van der Waals surface area contributed by atoms with E-state index in [1.807, 2.05) is 0 Å². The minimum Gasteiger partial charge on any atom is -0.495 e. The topological polar surface area (TPSA) is 66.9 Å². The first-order chi connectivity index (χ1) is 16.4. The number of carbonyl (C=O) groups is 3. The number of nitrogens with zero attached hydrogens (tertiary/aromatic N) is 2. The minimum atomic E-state index is -0.453. The summed E-state index contributed by atoms with van der Waals surface area (Å²) < 4.78 is 5.49. The molecule has 3 amide bonds. The molecule has 2 saturated carbocycles. The monoisotopic (exact) mass is 496 g/mol. The molecular weight excluding hydrogens is 475 g/mol. The fraction of sp³-hybridized carbons (Fsp3) is 0.346. The van der Waals surface area contributed by atoms with Crippen LogP contribution in [0.5, 0.6) is 5.75 Å². The van der Waals surface area contributed by atoms with Crippen LogP contribution in [0.15, 0.2) is 54.6 Å². The van der Waals surface area contributed by atoms with Crippen molar-refractivity contribution < 1.29 is 19.1 Å². The van der Waals surface area contributed by atoms with Gasteiger partial charge in [0.2, 0.25) is 11.8 Å². The number of likely N-dealkylation sites (tertiary alicyclic amines) is 1. The van der Waals surface area contributed by atoms with Gasteiger partial charge >= 0.3 is 0 Å². The van der Waals surface area contributed by atoms with Gasteiger partial charge in [0.25, 0.3) is 5.91 Å². The smallest absolute Gasteiger partial charge is 0.261 e. The minimum absolute atomic E-state index is 0.113. The fourth-order valence-electron chi connectivity index (χ4n) is 6.21. The van der Waals surface area contributed by atoms with Gasteiger partial charge in [0.15, 0.2) is 0 Å². The van der Waals surface area contributed by atoms with Gasteiger partial charge in [-0.2, -0.15) is 0 Å². The predicted octanol–water partition coefficient (Wildman–Crippen LogP) is 4.66. The Morgan fingerprint density at radius 1 is 1.03 bits per heavy atom. The van der Waals surface area contributed by atoms with Crippen LogP contribution in [0.3, 0.4) is 0 Å².